The summed E-state index contributed by atoms with van der Waals surface area (Å²) < 4.78 is 0. The molecule has 1 unspecified atom stereocenters. The van der Waals surface area contributed by atoms with Gasteiger partial charge in [-0.25, -0.2) is 4.98 Å². The third kappa shape index (κ3) is 3.70. The highest BCUT2D eigenvalue weighted by molar-refractivity contribution is 7.18. The first-order valence-corrected chi connectivity index (χ1v) is 10.9. The molecule has 9 nitrogen and oxygen atoms in total. The molecule has 0 aliphatic carbocycles. The van der Waals surface area contributed by atoms with E-state index in [9.17, 15) is 4.79 Å². The molecule has 3 aromatic rings. The minimum absolute atomic E-state index is 0.318. The Morgan fingerprint density at radius 2 is 1.90 bits per heavy atom. The van der Waals surface area contributed by atoms with Crippen molar-refractivity contribution in [3.05, 3.63) is 34.4 Å². The van der Waals surface area contributed by atoms with E-state index in [2.05, 4.69) is 30.2 Å². The van der Waals surface area contributed by atoms with Crippen molar-refractivity contribution in [3.8, 4) is 10.7 Å². The highest BCUT2D eigenvalue weighted by Crippen LogP contribution is 2.40. The van der Waals surface area contributed by atoms with Gasteiger partial charge in [0.1, 0.15) is 0 Å². The molecule has 5 rings (SSSR count). The van der Waals surface area contributed by atoms with E-state index in [-0.39, 0.29) is 6.54 Å². The number of hydrogen-bond acceptors (Lipinski definition) is 8. The first kappa shape index (κ1) is 19.5. The number of carbonyl (C=O) groups is 1. The molecule has 1 aromatic carbocycles. The summed E-state index contributed by atoms with van der Waals surface area (Å²) >= 11 is 14.0. The van der Waals surface area contributed by atoms with Crippen LogP contribution in [-0.4, -0.2) is 62.4 Å². The van der Waals surface area contributed by atoms with Gasteiger partial charge in [0.25, 0.3) is 0 Å². The van der Waals surface area contributed by atoms with Crippen LogP contribution in [0.15, 0.2) is 24.4 Å². The second-order valence-electron chi connectivity index (χ2n) is 7.47. The predicted molar refractivity (Wildman–Crippen MR) is 114 cm³/mol. The van der Waals surface area contributed by atoms with Crippen LogP contribution in [0.4, 0.5) is 10.8 Å². The van der Waals surface area contributed by atoms with Crippen LogP contribution in [0.5, 0.6) is 0 Å². The number of fused-ring (bicyclic) bond motifs is 1. The first-order chi connectivity index (χ1) is 14.5. The Kier molecular flexibility index (Phi) is 5.00. The highest BCUT2D eigenvalue weighted by atomic mass is 35.5. The van der Waals surface area contributed by atoms with Crippen molar-refractivity contribution in [1.29, 1.82) is 0 Å². The predicted octanol–water partition coefficient (Wildman–Crippen LogP) is 2.76. The van der Waals surface area contributed by atoms with Crippen molar-refractivity contribution in [2.75, 3.05) is 36.0 Å². The van der Waals surface area contributed by atoms with Crippen LogP contribution < -0.4 is 9.80 Å². The first-order valence-electron chi connectivity index (χ1n) is 9.37. The van der Waals surface area contributed by atoms with Crippen LogP contribution in [0.25, 0.3) is 10.7 Å². The average Bonchev–Trinajstić information content (AvgIpc) is 3.44. The fourth-order valence-electron chi connectivity index (χ4n) is 4.12. The van der Waals surface area contributed by atoms with Crippen molar-refractivity contribution in [1.82, 2.24) is 25.2 Å². The second kappa shape index (κ2) is 7.68. The lowest BCUT2D eigenvalue weighted by molar-refractivity contribution is -0.138. The number of aliphatic carboxylic acids is 1. The van der Waals surface area contributed by atoms with Gasteiger partial charge in [-0.15, -0.1) is 10.2 Å². The molecular formula is C18H17Cl2N7O2S. The van der Waals surface area contributed by atoms with Crippen molar-refractivity contribution in [3.63, 3.8) is 0 Å². The molecule has 0 bridgehead atoms. The minimum atomic E-state index is -1.01. The summed E-state index contributed by atoms with van der Waals surface area (Å²) in [4.78, 5) is 21.8. The molecule has 2 aliphatic heterocycles. The number of halogens is 2. The minimum Gasteiger partial charge on any atom is -0.480 e. The SMILES string of the molecule is O=C(O)Cn1nnc(-c2cnc(N3CC4CN(c5cc(Cl)ccc5Cl)C[C@H]4C3)s2)n1. The quantitative estimate of drug-likeness (QED) is 0.613. The number of thiazole rings is 1. The van der Waals surface area contributed by atoms with Gasteiger partial charge in [-0.3, -0.25) is 4.79 Å². The molecule has 4 heterocycles. The van der Waals surface area contributed by atoms with Crippen molar-refractivity contribution in [2.45, 2.75) is 6.54 Å². The standard InChI is InChI=1S/C18H17Cl2N7O2S/c19-12-1-2-13(20)14(3-12)25-5-10-7-26(8-11(10)6-25)18-21-4-15(30-18)17-22-24-27(23-17)9-16(28)29/h1-4,10-11H,5-9H2,(H,28,29)/t10-,11?/m0/s1. The van der Waals surface area contributed by atoms with Gasteiger partial charge >= 0.3 is 5.97 Å². The molecule has 0 spiro atoms. The summed E-state index contributed by atoms with van der Waals surface area (Å²) in [6.07, 6.45) is 1.72. The van der Waals surface area contributed by atoms with E-state index in [1.165, 1.54) is 11.3 Å². The second-order valence-corrected chi connectivity index (χ2v) is 9.32. The molecule has 2 aliphatic rings. The monoisotopic (exact) mass is 465 g/mol. The van der Waals surface area contributed by atoms with E-state index in [4.69, 9.17) is 28.3 Å². The van der Waals surface area contributed by atoms with E-state index in [1.54, 1.807) is 12.3 Å². The van der Waals surface area contributed by atoms with Gasteiger partial charge in [0.15, 0.2) is 11.7 Å². The van der Waals surface area contributed by atoms with Gasteiger partial charge in [-0.2, -0.15) is 4.80 Å². The zero-order chi connectivity index (χ0) is 20.8. The molecule has 2 saturated heterocycles. The van der Waals surface area contributed by atoms with Gasteiger partial charge in [-0.05, 0) is 23.4 Å². The summed E-state index contributed by atoms with van der Waals surface area (Å²) in [5.41, 5.74) is 0.997. The van der Waals surface area contributed by atoms with Crippen LogP contribution in [-0.2, 0) is 11.3 Å². The summed E-state index contributed by atoms with van der Waals surface area (Å²) in [6, 6.07) is 5.58. The van der Waals surface area contributed by atoms with Crippen LogP contribution in [0.1, 0.15) is 0 Å². The number of benzene rings is 1. The number of aromatic nitrogens is 5. The van der Waals surface area contributed by atoms with Crippen LogP contribution in [0.3, 0.4) is 0 Å². The fourth-order valence-corrected chi connectivity index (χ4v) is 5.38. The number of rotatable bonds is 5. The Morgan fingerprint density at radius 1 is 1.17 bits per heavy atom. The normalized spacial score (nSPS) is 20.7. The largest absolute Gasteiger partial charge is 0.480 e. The van der Waals surface area contributed by atoms with E-state index < -0.39 is 5.97 Å². The zero-order valence-electron chi connectivity index (χ0n) is 15.6. The third-order valence-corrected chi connectivity index (χ3v) is 7.06. The highest BCUT2D eigenvalue weighted by Gasteiger charge is 2.41. The molecular weight excluding hydrogens is 449 g/mol. The smallest absolute Gasteiger partial charge is 0.327 e. The van der Waals surface area contributed by atoms with Gasteiger partial charge in [-0.1, -0.05) is 34.5 Å². The van der Waals surface area contributed by atoms with E-state index in [1.807, 2.05) is 12.1 Å². The Bertz CT molecular complexity index is 1090. The number of tetrazole rings is 1. The lowest BCUT2D eigenvalue weighted by Gasteiger charge is -2.24. The Morgan fingerprint density at radius 3 is 2.63 bits per heavy atom. The van der Waals surface area contributed by atoms with Crippen LogP contribution in [0.2, 0.25) is 10.0 Å². The maximum atomic E-state index is 10.8. The van der Waals surface area contributed by atoms with Gasteiger partial charge in [0.05, 0.1) is 21.8 Å². The number of anilines is 2. The molecule has 0 amide bonds. The van der Waals surface area contributed by atoms with E-state index in [0.29, 0.717) is 22.7 Å². The number of carboxylic acid groups (broad SMARTS) is 1. The topological polar surface area (TPSA) is 100 Å². The molecule has 0 saturated carbocycles. The van der Waals surface area contributed by atoms with Crippen molar-refractivity contribution >= 4 is 51.3 Å². The van der Waals surface area contributed by atoms with Crippen LogP contribution in [0, 0.1) is 11.8 Å². The summed E-state index contributed by atoms with van der Waals surface area (Å²) in [7, 11) is 0. The molecule has 0 radical (unpaired) electrons. The third-order valence-electron chi connectivity index (χ3n) is 5.45. The molecule has 1 N–H and O–H groups in total. The molecule has 2 aromatic heterocycles. The van der Waals surface area contributed by atoms with Gasteiger partial charge < -0.3 is 14.9 Å². The summed E-state index contributed by atoms with van der Waals surface area (Å²) in [5, 5.41) is 23.0. The number of carboxylic acids is 1. The Balaban J connectivity index is 1.25. The maximum absolute atomic E-state index is 10.8. The maximum Gasteiger partial charge on any atom is 0.327 e. The number of hydrogen-bond donors (Lipinski definition) is 1. The molecule has 2 atom stereocenters. The van der Waals surface area contributed by atoms with E-state index >= 15 is 0 Å². The Hall–Kier alpha value is -2.43. The summed E-state index contributed by atoms with van der Waals surface area (Å²) in [5.74, 6) is 0.436. The van der Waals surface area contributed by atoms with Crippen LogP contribution >= 0.6 is 34.5 Å². The Labute approximate surface area is 185 Å². The van der Waals surface area contributed by atoms with E-state index in [0.717, 1.165) is 51.7 Å². The molecule has 2 fully saturated rings. The lowest BCUT2D eigenvalue weighted by atomic mass is 10.0. The van der Waals surface area contributed by atoms with Crippen molar-refractivity contribution < 1.29 is 9.90 Å². The lowest BCUT2D eigenvalue weighted by Crippen LogP contribution is -2.28. The molecule has 156 valence electrons. The fraction of sp³-hybridized carbons (Fsp3) is 0.389. The van der Waals surface area contributed by atoms with Gasteiger partial charge in [0, 0.05) is 43.0 Å². The van der Waals surface area contributed by atoms with Gasteiger partial charge in [0.2, 0.25) is 5.82 Å². The number of nitrogens with zero attached hydrogens (tertiary/aromatic N) is 7. The molecule has 12 heteroatoms. The zero-order valence-corrected chi connectivity index (χ0v) is 18.0. The average molecular weight is 466 g/mol. The summed E-state index contributed by atoms with van der Waals surface area (Å²) in [6.45, 7) is 3.40. The molecule has 30 heavy (non-hydrogen) atoms. The van der Waals surface area contributed by atoms with Crippen molar-refractivity contribution in [2.24, 2.45) is 11.8 Å².